The number of hydrogen-bond donors (Lipinski definition) is 1. The van der Waals surface area contributed by atoms with Crippen LogP contribution in [0.3, 0.4) is 0 Å². The summed E-state index contributed by atoms with van der Waals surface area (Å²) in [7, 11) is 0. The second kappa shape index (κ2) is 4.43. The van der Waals surface area contributed by atoms with Crippen LogP contribution in [0, 0.1) is 0 Å². The van der Waals surface area contributed by atoms with Crippen molar-refractivity contribution in [3.05, 3.63) is 44.1 Å². The number of aromatic amines is 1. The molecule has 0 fully saturated rings. The molecule has 1 rings (SSSR count). The molecule has 0 aromatic carbocycles. The van der Waals surface area contributed by atoms with Gasteiger partial charge in [-0.1, -0.05) is 11.3 Å². The molecular weight excluding hydrogens is 218 g/mol. The molecule has 8 nitrogen and oxygen atoms in total. The molecule has 1 N–H and O–H groups in total. The second-order valence-corrected chi connectivity index (χ2v) is 2.67. The molecule has 0 amide bonds. The van der Waals surface area contributed by atoms with E-state index in [2.05, 4.69) is 11.4 Å². The third kappa shape index (κ3) is 2.00. The third-order valence-corrected chi connectivity index (χ3v) is 1.71. The van der Waals surface area contributed by atoms with E-state index < -0.39 is 23.0 Å². The quantitative estimate of drug-likeness (QED) is 0.593. The van der Waals surface area contributed by atoms with Crippen LogP contribution in [0.4, 0.5) is 0 Å². The zero-order valence-electron chi connectivity index (χ0n) is 8.43. The summed E-state index contributed by atoms with van der Waals surface area (Å²) < 4.78 is 0.868. The van der Waals surface area contributed by atoms with E-state index in [-0.39, 0.29) is 11.3 Å². The van der Waals surface area contributed by atoms with Gasteiger partial charge in [0.2, 0.25) is 0 Å². The predicted molar refractivity (Wildman–Crippen MR) is 53.0 cm³/mol. The van der Waals surface area contributed by atoms with Crippen molar-refractivity contribution in [3.63, 3.8) is 0 Å². The smallest absolute Gasteiger partial charge is 0.322 e. The van der Waals surface area contributed by atoms with Crippen molar-refractivity contribution in [2.45, 2.75) is 13.5 Å². The molecule has 0 bridgehead atoms. The largest absolute Gasteiger partial charge is 0.370 e. The van der Waals surface area contributed by atoms with Gasteiger partial charge in [-0.3, -0.25) is 4.98 Å². The summed E-state index contributed by atoms with van der Waals surface area (Å²) in [5, 5.41) is 0. The normalized spacial score (nSPS) is 9.81. The molecule has 0 atom stereocenters. The summed E-state index contributed by atoms with van der Waals surface area (Å²) >= 11 is 0. The predicted octanol–water partition coefficient (Wildman–Crippen LogP) is -2.14. The number of carbonyl (C=O) groups is 1. The highest BCUT2D eigenvalue weighted by molar-refractivity contribution is 5.81. The van der Waals surface area contributed by atoms with E-state index in [1.54, 1.807) is 0 Å². The number of H-pyrrole nitrogens is 1. The van der Waals surface area contributed by atoms with Gasteiger partial charge < -0.3 is 4.84 Å². The molecule has 0 spiro atoms. The van der Waals surface area contributed by atoms with Crippen LogP contribution in [0.1, 0.15) is 6.92 Å². The Morgan fingerprint density at radius 3 is 2.56 bits per heavy atom. The molecule has 0 saturated carbocycles. The van der Waals surface area contributed by atoms with Gasteiger partial charge in [-0.25, -0.2) is 23.7 Å². The van der Waals surface area contributed by atoms with Crippen LogP contribution in [-0.4, -0.2) is 20.3 Å². The summed E-state index contributed by atoms with van der Waals surface area (Å²) in [6.07, 6.45) is 0.785. The first kappa shape index (κ1) is 11.7. The molecule has 0 aliphatic rings. The average molecular weight is 227 g/mol. The number of carbonyl (C=O) groups excluding carboxylic acids is 1. The first-order chi connectivity index (χ1) is 7.51. The van der Waals surface area contributed by atoms with Gasteiger partial charge in [-0.15, -0.1) is 0 Å². The van der Waals surface area contributed by atoms with Crippen molar-refractivity contribution in [3.8, 4) is 0 Å². The van der Waals surface area contributed by atoms with Crippen molar-refractivity contribution < 1.29 is 9.63 Å². The molecule has 1 aromatic heterocycles. The van der Waals surface area contributed by atoms with Gasteiger partial charge in [0.25, 0.3) is 0 Å². The highest BCUT2D eigenvalue weighted by Gasteiger charge is 2.11. The molecule has 0 aliphatic carbocycles. The van der Waals surface area contributed by atoms with Gasteiger partial charge in [0.05, 0.1) is 0 Å². The summed E-state index contributed by atoms with van der Waals surface area (Å²) in [5.74, 6) is -0.978. The zero-order chi connectivity index (χ0) is 12.3. The molecule has 0 unspecified atom stereocenters. The van der Waals surface area contributed by atoms with Crippen molar-refractivity contribution >= 4 is 5.97 Å². The highest BCUT2D eigenvalue weighted by Crippen LogP contribution is 1.70. The summed E-state index contributed by atoms with van der Waals surface area (Å²) in [4.78, 5) is 50.8. The van der Waals surface area contributed by atoms with E-state index in [1.165, 1.54) is 6.92 Å². The van der Waals surface area contributed by atoms with Crippen LogP contribution in [-0.2, 0) is 11.3 Å². The Morgan fingerprint density at radius 1 is 1.44 bits per heavy atom. The molecule has 8 heteroatoms. The van der Waals surface area contributed by atoms with Crippen molar-refractivity contribution in [1.29, 1.82) is 0 Å². The van der Waals surface area contributed by atoms with Crippen LogP contribution in [0.5, 0.6) is 0 Å². The second-order valence-electron chi connectivity index (χ2n) is 2.67. The maximum absolute atomic E-state index is 11.5. The van der Waals surface area contributed by atoms with Gasteiger partial charge in [-0.05, 0) is 6.92 Å². The number of hydrogen-bond acceptors (Lipinski definition) is 5. The maximum Gasteiger partial charge on any atom is 0.370 e. The number of aromatic nitrogens is 3. The Bertz CT molecular complexity index is 591. The maximum atomic E-state index is 11.5. The fraction of sp³-hybridized carbons (Fsp3) is 0.250. The van der Waals surface area contributed by atoms with Crippen LogP contribution >= 0.6 is 0 Å². The lowest BCUT2D eigenvalue weighted by atomic mass is 10.7. The minimum absolute atomic E-state index is 0.0418. The molecule has 1 heterocycles. The van der Waals surface area contributed by atoms with Crippen LogP contribution in [0.25, 0.3) is 0 Å². The molecule has 0 aliphatic heterocycles. The minimum atomic E-state index is -1.12. The van der Waals surface area contributed by atoms with E-state index in [0.29, 0.717) is 4.57 Å². The van der Waals surface area contributed by atoms with Crippen LogP contribution in [0.15, 0.2) is 27.0 Å². The van der Waals surface area contributed by atoms with Crippen molar-refractivity contribution in [1.82, 2.24) is 14.3 Å². The molecule has 0 radical (unpaired) electrons. The SMILES string of the molecule is C=CC(=O)On1c(=O)[nH]c(=O)n(CC)c1=O. The van der Waals surface area contributed by atoms with Gasteiger partial charge >= 0.3 is 23.0 Å². The first-order valence-corrected chi connectivity index (χ1v) is 4.32. The van der Waals surface area contributed by atoms with Gasteiger partial charge in [0.15, 0.2) is 0 Å². The lowest BCUT2D eigenvalue weighted by molar-refractivity contribution is -0.139. The Balaban J connectivity index is 3.46. The van der Waals surface area contributed by atoms with E-state index in [1.807, 2.05) is 4.98 Å². The Kier molecular flexibility index (Phi) is 3.24. The number of rotatable bonds is 3. The standard InChI is InChI=1S/C8H9N3O5/c1-3-5(12)16-11-7(14)9-6(13)10(4-2)8(11)15/h3H,1,4H2,2H3,(H,9,13,14). The fourth-order valence-electron chi connectivity index (χ4n) is 0.980. The van der Waals surface area contributed by atoms with E-state index in [9.17, 15) is 19.2 Å². The van der Waals surface area contributed by atoms with Gasteiger partial charge in [0.1, 0.15) is 0 Å². The monoisotopic (exact) mass is 227 g/mol. The first-order valence-electron chi connectivity index (χ1n) is 4.32. The molecule has 86 valence electrons. The van der Waals surface area contributed by atoms with Crippen molar-refractivity contribution in [2.75, 3.05) is 0 Å². The Morgan fingerprint density at radius 2 is 2.06 bits per heavy atom. The minimum Gasteiger partial charge on any atom is -0.322 e. The molecule has 0 saturated heterocycles. The Hall–Kier alpha value is -2.38. The summed E-state index contributed by atoms with van der Waals surface area (Å²) in [6, 6.07) is 0. The van der Waals surface area contributed by atoms with Gasteiger partial charge in [-0.2, -0.15) is 0 Å². The number of nitrogens with zero attached hydrogens (tertiary/aromatic N) is 2. The zero-order valence-corrected chi connectivity index (χ0v) is 8.43. The topological polar surface area (TPSA) is 103 Å². The third-order valence-electron chi connectivity index (χ3n) is 1.71. The summed E-state index contributed by atoms with van der Waals surface area (Å²) in [6.45, 7) is 4.68. The van der Waals surface area contributed by atoms with Crippen molar-refractivity contribution in [2.24, 2.45) is 0 Å². The van der Waals surface area contributed by atoms with E-state index in [0.717, 1.165) is 6.08 Å². The van der Waals surface area contributed by atoms with Gasteiger partial charge in [0, 0.05) is 12.6 Å². The number of nitrogens with one attached hydrogen (secondary N) is 1. The summed E-state index contributed by atoms with van der Waals surface area (Å²) in [5.41, 5.74) is -3.00. The molecule has 16 heavy (non-hydrogen) atoms. The fourth-order valence-corrected chi connectivity index (χ4v) is 0.980. The highest BCUT2D eigenvalue weighted by atomic mass is 16.7. The Labute approximate surface area is 88.4 Å². The van der Waals surface area contributed by atoms with Crippen LogP contribution in [0.2, 0.25) is 0 Å². The lowest BCUT2D eigenvalue weighted by Gasteiger charge is -2.04. The lowest BCUT2D eigenvalue weighted by Crippen LogP contribution is -2.52. The molecular formula is C8H9N3O5. The van der Waals surface area contributed by atoms with Crippen LogP contribution < -0.4 is 21.9 Å². The van der Waals surface area contributed by atoms with E-state index >= 15 is 0 Å². The molecule has 1 aromatic rings. The average Bonchev–Trinajstić information content (AvgIpc) is 2.24. The van der Waals surface area contributed by atoms with E-state index in [4.69, 9.17) is 0 Å².